The standard InChI is InChI=1S/C23H24N4O3S/c1-2-15-24-31(29,30)19-12-8-9-17(16-19)22(28)26-23-25-20-13-6-7-14-21(20)27(23)18-10-4-3-5-11-18/h1,6-9,12-14,16,18,24H,3-5,10-11,15H2,(H,25,26,28). The van der Waals surface area contributed by atoms with Gasteiger partial charge < -0.3 is 4.57 Å². The van der Waals surface area contributed by atoms with E-state index in [4.69, 9.17) is 6.42 Å². The molecule has 1 fully saturated rings. The maximum Gasteiger partial charge on any atom is 0.258 e. The first kappa shape index (κ1) is 21.1. The normalized spacial score (nSPS) is 14.9. The van der Waals surface area contributed by atoms with Crippen molar-refractivity contribution in [3.05, 3.63) is 54.1 Å². The average Bonchev–Trinajstić information content (AvgIpc) is 3.16. The zero-order valence-corrected chi connectivity index (χ0v) is 17.9. The van der Waals surface area contributed by atoms with Gasteiger partial charge in [-0.3, -0.25) is 10.1 Å². The van der Waals surface area contributed by atoms with Gasteiger partial charge in [0.05, 0.1) is 22.5 Å². The summed E-state index contributed by atoms with van der Waals surface area (Å²) in [5, 5.41) is 2.90. The third-order valence-corrected chi connectivity index (χ3v) is 6.93. The minimum atomic E-state index is -3.79. The van der Waals surface area contributed by atoms with Crippen LogP contribution in [0.25, 0.3) is 11.0 Å². The van der Waals surface area contributed by atoms with Crippen molar-refractivity contribution in [1.82, 2.24) is 14.3 Å². The van der Waals surface area contributed by atoms with E-state index in [9.17, 15) is 13.2 Å². The van der Waals surface area contributed by atoms with Gasteiger partial charge in [0.25, 0.3) is 5.91 Å². The lowest BCUT2D eigenvalue weighted by atomic mass is 9.95. The van der Waals surface area contributed by atoms with Crippen LogP contribution in [0.3, 0.4) is 0 Å². The van der Waals surface area contributed by atoms with E-state index in [1.807, 2.05) is 24.3 Å². The van der Waals surface area contributed by atoms with Crippen LogP contribution < -0.4 is 10.0 Å². The molecule has 7 nitrogen and oxygen atoms in total. The number of terminal acetylenes is 1. The Morgan fingerprint density at radius 2 is 1.90 bits per heavy atom. The number of amides is 1. The number of carbonyl (C=O) groups excluding carboxylic acids is 1. The molecule has 1 saturated carbocycles. The second-order valence-corrected chi connectivity index (χ2v) is 9.36. The molecule has 0 radical (unpaired) electrons. The fraction of sp³-hybridized carbons (Fsp3) is 0.304. The van der Waals surface area contributed by atoms with E-state index in [-0.39, 0.29) is 23.0 Å². The molecule has 0 aliphatic heterocycles. The Bertz CT molecular complexity index is 1250. The van der Waals surface area contributed by atoms with Crippen LogP contribution in [0.2, 0.25) is 0 Å². The summed E-state index contributed by atoms with van der Waals surface area (Å²) in [7, 11) is -3.79. The first-order valence-electron chi connectivity index (χ1n) is 10.3. The van der Waals surface area contributed by atoms with E-state index >= 15 is 0 Å². The fourth-order valence-electron chi connectivity index (χ4n) is 4.04. The number of benzene rings is 2. The van der Waals surface area contributed by atoms with Gasteiger partial charge in [0, 0.05) is 11.6 Å². The molecule has 0 saturated heterocycles. The molecule has 4 rings (SSSR count). The SMILES string of the molecule is C#CCNS(=O)(=O)c1cccc(C(=O)Nc2nc3ccccc3n2C2CCCCC2)c1. The lowest BCUT2D eigenvalue weighted by Gasteiger charge is -2.25. The molecule has 0 spiro atoms. The van der Waals surface area contributed by atoms with E-state index in [1.165, 1.54) is 24.6 Å². The number of para-hydroxylation sites is 2. The Balaban J connectivity index is 1.65. The molecule has 31 heavy (non-hydrogen) atoms. The van der Waals surface area contributed by atoms with Crippen molar-refractivity contribution in [2.75, 3.05) is 11.9 Å². The molecule has 0 bridgehead atoms. The maximum atomic E-state index is 13.0. The van der Waals surface area contributed by atoms with Gasteiger partial charge in [0.15, 0.2) is 0 Å². The first-order valence-corrected chi connectivity index (χ1v) is 11.8. The highest BCUT2D eigenvalue weighted by molar-refractivity contribution is 7.89. The highest BCUT2D eigenvalue weighted by atomic mass is 32.2. The second kappa shape index (κ2) is 8.92. The molecule has 1 aliphatic rings. The number of nitrogens with zero attached hydrogens (tertiary/aromatic N) is 2. The molecule has 0 unspecified atom stereocenters. The maximum absolute atomic E-state index is 13.0. The van der Waals surface area contributed by atoms with Crippen LogP contribution in [-0.2, 0) is 10.0 Å². The van der Waals surface area contributed by atoms with Gasteiger partial charge in [0.2, 0.25) is 16.0 Å². The summed E-state index contributed by atoms with van der Waals surface area (Å²) >= 11 is 0. The first-order chi connectivity index (χ1) is 15.0. The van der Waals surface area contributed by atoms with Crippen molar-refractivity contribution >= 4 is 32.9 Å². The Hall–Kier alpha value is -3.15. The largest absolute Gasteiger partial charge is 0.307 e. The summed E-state index contributed by atoms with van der Waals surface area (Å²) in [5.74, 6) is 2.30. The van der Waals surface area contributed by atoms with Gasteiger partial charge in [-0.1, -0.05) is 43.4 Å². The Morgan fingerprint density at radius 3 is 2.68 bits per heavy atom. The minimum absolute atomic E-state index is 0.0174. The summed E-state index contributed by atoms with van der Waals surface area (Å²) in [6, 6.07) is 14.0. The number of sulfonamides is 1. The Kier molecular flexibility index (Phi) is 6.07. The minimum Gasteiger partial charge on any atom is -0.307 e. The fourth-order valence-corrected chi connectivity index (χ4v) is 5.02. The van der Waals surface area contributed by atoms with Crippen molar-refractivity contribution in [3.63, 3.8) is 0 Å². The number of hydrogen-bond acceptors (Lipinski definition) is 4. The second-order valence-electron chi connectivity index (χ2n) is 7.60. The van der Waals surface area contributed by atoms with E-state index in [1.54, 1.807) is 6.07 Å². The molecule has 3 aromatic rings. The smallest absolute Gasteiger partial charge is 0.258 e. The number of aromatic nitrogens is 2. The van der Waals surface area contributed by atoms with Crippen molar-refractivity contribution < 1.29 is 13.2 Å². The van der Waals surface area contributed by atoms with E-state index in [2.05, 4.69) is 25.5 Å². The van der Waals surface area contributed by atoms with Crippen molar-refractivity contribution in [2.24, 2.45) is 0 Å². The highest BCUT2D eigenvalue weighted by Gasteiger charge is 2.23. The van der Waals surface area contributed by atoms with Gasteiger partial charge in [-0.15, -0.1) is 6.42 Å². The molecular formula is C23H24N4O3S. The monoisotopic (exact) mass is 436 g/mol. The number of hydrogen-bond donors (Lipinski definition) is 2. The lowest BCUT2D eigenvalue weighted by molar-refractivity contribution is 0.102. The summed E-state index contributed by atoms with van der Waals surface area (Å²) < 4.78 is 29.1. The molecule has 160 valence electrons. The van der Waals surface area contributed by atoms with Crippen LogP contribution in [0.15, 0.2) is 53.4 Å². The van der Waals surface area contributed by atoms with Crippen LogP contribution >= 0.6 is 0 Å². The van der Waals surface area contributed by atoms with E-state index in [0.717, 1.165) is 36.7 Å². The zero-order chi connectivity index (χ0) is 21.8. The van der Waals surface area contributed by atoms with Crippen LogP contribution in [-0.4, -0.2) is 30.4 Å². The topological polar surface area (TPSA) is 93.1 Å². The summed E-state index contributed by atoms with van der Waals surface area (Å²) in [5.41, 5.74) is 2.03. The van der Waals surface area contributed by atoms with Crippen molar-refractivity contribution in [3.8, 4) is 12.3 Å². The molecule has 2 aromatic carbocycles. The molecule has 8 heteroatoms. The van der Waals surface area contributed by atoms with Crippen LogP contribution in [0.5, 0.6) is 0 Å². The van der Waals surface area contributed by atoms with Crippen molar-refractivity contribution in [1.29, 1.82) is 0 Å². The van der Waals surface area contributed by atoms with Crippen LogP contribution in [0, 0.1) is 12.3 Å². The molecule has 1 aliphatic carbocycles. The summed E-state index contributed by atoms with van der Waals surface area (Å²) in [6.45, 7) is -0.121. The number of anilines is 1. The predicted molar refractivity (Wildman–Crippen MR) is 120 cm³/mol. The molecular weight excluding hydrogens is 412 g/mol. The Labute approximate surface area is 181 Å². The van der Waals surface area contributed by atoms with Gasteiger partial charge in [-0.05, 0) is 43.2 Å². The number of nitrogens with one attached hydrogen (secondary N) is 2. The molecule has 1 heterocycles. The molecule has 2 N–H and O–H groups in total. The third-order valence-electron chi connectivity index (χ3n) is 5.53. The van der Waals surface area contributed by atoms with Gasteiger partial charge in [0.1, 0.15) is 0 Å². The zero-order valence-electron chi connectivity index (χ0n) is 17.0. The lowest BCUT2D eigenvalue weighted by Crippen LogP contribution is -2.24. The number of carbonyl (C=O) groups is 1. The Morgan fingerprint density at radius 1 is 1.13 bits per heavy atom. The number of imidazole rings is 1. The highest BCUT2D eigenvalue weighted by Crippen LogP contribution is 2.34. The quantitative estimate of drug-likeness (QED) is 0.576. The molecule has 0 atom stereocenters. The van der Waals surface area contributed by atoms with Gasteiger partial charge in [-0.25, -0.2) is 13.4 Å². The van der Waals surface area contributed by atoms with E-state index in [0.29, 0.717) is 5.95 Å². The van der Waals surface area contributed by atoms with Crippen LogP contribution in [0.1, 0.15) is 48.5 Å². The number of fused-ring (bicyclic) bond motifs is 1. The number of rotatable bonds is 6. The summed E-state index contributed by atoms with van der Waals surface area (Å²) in [6.07, 6.45) is 10.7. The summed E-state index contributed by atoms with van der Waals surface area (Å²) in [4.78, 5) is 17.6. The third kappa shape index (κ3) is 4.48. The average molecular weight is 437 g/mol. The van der Waals surface area contributed by atoms with E-state index < -0.39 is 15.9 Å². The predicted octanol–water partition coefficient (Wildman–Crippen LogP) is 3.71. The van der Waals surface area contributed by atoms with Crippen LogP contribution in [0.4, 0.5) is 5.95 Å². The van der Waals surface area contributed by atoms with Gasteiger partial charge >= 0.3 is 0 Å². The van der Waals surface area contributed by atoms with Crippen molar-refractivity contribution in [2.45, 2.75) is 43.0 Å². The molecule has 1 amide bonds. The van der Waals surface area contributed by atoms with Gasteiger partial charge in [-0.2, -0.15) is 4.72 Å². The molecule has 1 aromatic heterocycles.